The Morgan fingerprint density at radius 3 is 2.85 bits per heavy atom. The summed E-state index contributed by atoms with van der Waals surface area (Å²) < 4.78 is 5.65. The Bertz CT molecular complexity index is 593. The molecule has 1 saturated heterocycles. The van der Waals surface area contributed by atoms with Crippen molar-refractivity contribution in [2.45, 2.75) is 51.5 Å². The zero-order valence-corrected chi connectivity index (χ0v) is 15.8. The molecule has 1 heterocycles. The fraction of sp³-hybridized carbons (Fsp3) is 0.600. The summed E-state index contributed by atoms with van der Waals surface area (Å²) in [4.78, 5) is 7.13. The summed E-state index contributed by atoms with van der Waals surface area (Å²) in [7, 11) is 0. The molecule has 142 valence electrons. The molecular formula is C20H31N5O. The molecule has 1 aromatic carbocycles. The average molecular weight is 358 g/mol. The molecule has 1 aromatic rings. The standard InChI is InChI=1S/C20H31N5O/c1-17-7-2-4-15-25(17)20(23-14-6-13-22)24-18-8-10-19(11-9-18)26-16-5-3-12-21/h8-11,17H,2-7,13-16,22H2,1H3,(H,23,24). The number of nitriles is 1. The molecule has 0 radical (unpaired) electrons. The van der Waals surface area contributed by atoms with Crippen molar-refractivity contribution < 1.29 is 4.74 Å². The molecule has 2 rings (SSSR count). The van der Waals surface area contributed by atoms with Crippen LogP contribution in [-0.2, 0) is 0 Å². The SMILES string of the molecule is CC1CCCCN1C(=NCCCN)Nc1ccc(OCCCC#N)cc1. The van der Waals surface area contributed by atoms with Crippen molar-refractivity contribution in [3.05, 3.63) is 24.3 Å². The highest BCUT2D eigenvalue weighted by molar-refractivity contribution is 5.94. The molecular weight excluding hydrogens is 326 g/mol. The van der Waals surface area contributed by atoms with Gasteiger partial charge in [0.05, 0.1) is 12.7 Å². The van der Waals surface area contributed by atoms with Crippen molar-refractivity contribution in [1.29, 1.82) is 5.26 Å². The van der Waals surface area contributed by atoms with Gasteiger partial charge in [-0.25, -0.2) is 0 Å². The van der Waals surface area contributed by atoms with Crippen molar-refractivity contribution in [3.8, 4) is 11.8 Å². The van der Waals surface area contributed by atoms with Crippen LogP contribution in [0.25, 0.3) is 0 Å². The molecule has 1 atom stereocenters. The molecule has 6 nitrogen and oxygen atoms in total. The number of piperidine rings is 1. The van der Waals surface area contributed by atoms with E-state index in [2.05, 4.69) is 23.2 Å². The lowest BCUT2D eigenvalue weighted by molar-refractivity contribution is 0.257. The second-order valence-corrected chi connectivity index (χ2v) is 6.65. The maximum absolute atomic E-state index is 8.55. The molecule has 1 fully saturated rings. The first-order chi connectivity index (χ1) is 12.7. The van der Waals surface area contributed by atoms with Gasteiger partial charge in [-0.05, 0) is 69.8 Å². The van der Waals surface area contributed by atoms with Gasteiger partial charge in [0.15, 0.2) is 5.96 Å². The van der Waals surface area contributed by atoms with Crippen LogP contribution < -0.4 is 15.8 Å². The Hall–Kier alpha value is -2.26. The van der Waals surface area contributed by atoms with Crippen molar-refractivity contribution in [2.75, 3.05) is 31.6 Å². The van der Waals surface area contributed by atoms with Gasteiger partial charge in [-0.15, -0.1) is 0 Å². The van der Waals surface area contributed by atoms with Gasteiger partial charge in [-0.2, -0.15) is 5.26 Å². The quantitative estimate of drug-likeness (QED) is 0.423. The van der Waals surface area contributed by atoms with E-state index in [0.717, 1.165) is 43.3 Å². The van der Waals surface area contributed by atoms with E-state index in [4.69, 9.17) is 20.7 Å². The number of ether oxygens (including phenoxy) is 1. The maximum atomic E-state index is 8.55. The number of likely N-dealkylation sites (tertiary alicyclic amines) is 1. The Morgan fingerprint density at radius 1 is 1.35 bits per heavy atom. The largest absolute Gasteiger partial charge is 0.494 e. The van der Waals surface area contributed by atoms with Gasteiger partial charge in [-0.1, -0.05) is 0 Å². The summed E-state index contributed by atoms with van der Waals surface area (Å²) in [5, 5.41) is 12.0. The van der Waals surface area contributed by atoms with Crippen LogP contribution in [0.5, 0.6) is 5.75 Å². The van der Waals surface area contributed by atoms with Crippen molar-refractivity contribution >= 4 is 11.6 Å². The summed E-state index contributed by atoms with van der Waals surface area (Å²) >= 11 is 0. The summed E-state index contributed by atoms with van der Waals surface area (Å²) in [5.41, 5.74) is 6.61. The van der Waals surface area contributed by atoms with E-state index in [1.54, 1.807) is 0 Å². The maximum Gasteiger partial charge on any atom is 0.198 e. The van der Waals surface area contributed by atoms with E-state index < -0.39 is 0 Å². The van der Waals surface area contributed by atoms with E-state index in [0.29, 0.717) is 25.6 Å². The van der Waals surface area contributed by atoms with Crippen LogP contribution >= 0.6 is 0 Å². The van der Waals surface area contributed by atoms with Gasteiger partial charge in [0, 0.05) is 31.2 Å². The molecule has 0 aliphatic carbocycles. The fourth-order valence-corrected chi connectivity index (χ4v) is 3.00. The van der Waals surface area contributed by atoms with Gasteiger partial charge in [0.2, 0.25) is 0 Å². The lowest BCUT2D eigenvalue weighted by atomic mass is 10.0. The number of rotatable bonds is 8. The number of anilines is 1. The highest BCUT2D eigenvalue weighted by Crippen LogP contribution is 2.20. The summed E-state index contributed by atoms with van der Waals surface area (Å²) in [6.45, 7) is 5.26. The summed E-state index contributed by atoms with van der Waals surface area (Å²) in [6.07, 6.45) is 5.86. The second kappa shape index (κ2) is 11.4. The first kappa shape index (κ1) is 20.1. The lowest BCUT2D eigenvalue weighted by Crippen LogP contribution is -2.45. The third-order valence-electron chi connectivity index (χ3n) is 4.51. The molecule has 0 amide bonds. The van der Waals surface area contributed by atoms with Crippen molar-refractivity contribution in [2.24, 2.45) is 10.7 Å². The molecule has 1 unspecified atom stereocenters. The van der Waals surface area contributed by atoms with Gasteiger partial charge in [0.25, 0.3) is 0 Å². The van der Waals surface area contributed by atoms with Crippen LogP contribution in [0.2, 0.25) is 0 Å². The van der Waals surface area contributed by atoms with Crippen LogP contribution in [0.4, 0.5) is 5.69 Å². The highest BCUT2D eigenvalue weighted by Gasteiger charge is 2.21. The van der Waals surface area contributed by atoms with Crippen LogP contribution in [0.15, 0.2) is 29.3 Å². The van der Waals surface area contributed by atoms with E-state index in [1.165, 1.54) is 19.3 Å². The van der Waals surface area contributed by atoms with E-state index in [1.807, 2.05) is 24.3 Å². The monoisotopic (exact) mass is 357 g/mol. The summed E-state index contributed by atoms with van der Waals surface area (Å²) in [5.74, 6) is 1.76. The Morgan fingerprint density at radius 2 is 2.15 bits per heavy atom. The molecule has 26 heavy (non-hydrogen) atoms. The average Bonchev–Trinajstić information content (AvgIpc) is 2.66. The number of benzene rings is 1. The van der Waals surface area contributed by atoms with E-state index >= 15 is 0 Å². The van der Waals surface area contributed by atoms with E-state index in [9.17, 15) is 0 Å². The Balaban J connectivity index is 1.98. The number of guanidine groups is 1. The summed E-state index contributed by atoms with van der Waals surface area (Å²) in [6, 6.07) is 10.5. The van der Waals surface area contributed by atoms with Gasteiger partial charge >= 0.3 is 0 Å². The van der Waals surface area contributed by atoms with Crippen LogP contribution in [-0.4, -0.2) is 43.1 Å². The second-order valence-electron chi connectivity index (χ2n) is 6.65. The molecule has 3 N–H and O–H groups in total. The minimum Gasteiger partial charge on any atom is -0.494 e. The molecule has 0 aromatic heterocycles. The first-order valence-electron chi connectivity index (χ1n) is 9.62. The minimum absolute atomic E-state index is 0.496. The number of unbranched alkanes of at least 4 members (excludes halogenated alkanes) is 1. The predicted molar refractivity (Wildman–Crippen MR) is 106 cm³/mol. The third kappa shape index (κ3) is 6.57. The Labute approximate surface area is 157 Å². The highest BCUT2D eigenvalue weighted by atomic mass is 16.5. The van der Waals surface area contributed by atoms with E-state index in [-0.39, 0.29) is 0 Å². The zero-order chi connectivity index (χ0) is 18.6. The topological polar surface area (TPSA) is 86.7 Å². The third-order valence-corrected chi connectivity index (χ3v) is 4.51. The number of hydrogen-bond acceptors (Lipinski definition) is 4. The van der Waals surface area contributed by atoms with Crippen molar-refractivity contribution in [1.82, 2.24) is 4.90 Å². The fourth-order valence-electron chi connectivity index (χ4n) is 3.00. The number of nitrogens with two attached hydrogens (primary N) is 1. The van der Waals surface area contributed by atoms with Gasteiger partial charge in [-0.3, -0.25) is 4.99 Å². The van der Waals surface area contributed by atoms with Gasteiger partial charge < -0.3 is 20.7 Å². The smallest absolute Gasteiger partial charge is 0.198 e. The number of hydrogen-bond donors (Lipinski definition) is 2. The van der Waals surface area contributed by atoms with Crippen LogP contribution in [0.3, 0.4) is 0 Å². The molecule has 0 spiro atoms. The number of nitrogens with zero attached hydrogens (tertiary/aromatic N) is 3. The zero-order valence-electron chi connectivity index (χ0n) is 15.8. The molecule has 0 saturated carbocycles. The van der Waals surface area contributed by atoms with Crippen molar-refractivity contribution in [3.63, 3.8) is 0 Å². The van der Waals surface area contributed by atoms with Crippen LogP contribution in [0.1, 0.15) is 45.4 Å². The molecule has 0 bridgehead atoms. The molecule has 6 heteroatoms. The number of aliphatic imine (C=N–C) groups is 1. The molecule has 1 aliphatic rings. The van der Waals surface area contributed by atoms with Gasteiger partial charge in [0.1, 0.15) is 5.75 Å². The first-order valence-corrected chi connectivity index (χ1v) is 9.62. The van der Waals surface area contributed by atoms with Crippen LogP contribution in [0, 0.1) is 11.3 Å². The normalized spacial score (nSPS) is 17.7. The molecule has 1 aliphatic heterocycles. The Kier molecular flexibility index (Phi) is 8.77. The minimum atomic E-state index is 0.496. The lowest BCUT2D eigenvalue weighted by Gasteiger charge is -2.36. The predicted octanol–water partition coefficient (Wildman–Crippen LogP) is 3.36. The number of nitrogens with one attached hydrogen (secondary N) is 1.